The Hall–Kier alpha value is -2.90. The van der Waals surface area contributed by atoms with Crippen molar-refractivity contribution in [3.63, 3.8) is 0 Å². The normalized spacial score (nSPS) is 21.8. The number of piperidine rings is 1. The quantitative estimate of drug-likeness (QED) is 0.371. The number of likely N-dealkylation sites (tertiary alicyclic amines) is 1. The van der Waals surface area contributed by atoms with Gasteiger partial charge in [0.15, 0.2) is 11.1 Å². The molecule has 13 heteroatoms. The summed E-state index contributed by atoms with van der Waals surface area (Å²) in [4.78, 5) is 34.5. The number of hydrogen-bond acceptors (Lipinski definition) is 6. The molecule has 4 unspecified atom stereocenters. The minimum absolute atomic E-state index is 0.00983. The van der Waals surface area contributed by atoms with E-state index >= 15 is 0 Å². The molecule has 5 rings (SSSR count). The van der Waals surface area contributed by atoms with Gasteiger partial charge in [0.2, 0.25) is 5.91 Å². The fourth-order valence-corrected chi connectivity index (χ4v) is 7.83. The van der Waals surface area contributed by atoms with E-state index in [1.807, 2.05) is 19.2 Å². The first-order valence-corrected chi connectivity index (χ1v) is 16.0. The van der Waals surface area contributed by atoms with Crippen LogP contribution in [0.4, 0.5) is 13.2 Å². The molecule has 1 aromatic carbocycles. The molecule has 41 heavy (non-hydrogen) atoms. The maximum atomic E-state index is 13.4. The van der Waals surface area contributed by atoms with Gasteiger partial charge in [0.05, 0.1) is 17.3 Å². The van der Waals surface area contributed by atoms with Gasteiger partial charge >= 0.3 is 6.18 Å². The van der Waals surface area contributed by atoms with Crippen LogP contribution in [-0.2, 0) is 35.1 Å². The summed E-state index contributed by atoms with van der Waals surface area (Å²) in [5.41, 5.74) is 1.99. The molecule has 4 atom stereocenters. The number of carbonyl (C=O) groups is 2. The molecule has 2 aliphatic rings. The number of rotatable bonds is 6. The fraction of sp³-hybridized carbons (Fsp3) is 0.500. The Morgan fingerprint density at radius 1 is 1.24 bits per heavy atom. The van der Waals surface area contributed by atoms with Crippen molar-refractivity contribution in [2.75, 3.05) is 19.8 Å². The number of aromatic nitrogens is 3. The van der Waals surface area contributed by atoms with Gasteiger partial charge in [0.1, 0.15) is 12.2 Å². The molecule has 0 spiro atoms. The van der Waals surface area contributed by atoms with Crippen molar-refractivity contribution < 1.29 is 27.3 Å². The average Bonchev–Trinajstić information content (AvgIpc) is 3.59. The van der Waals surface area contributed by atoms with Crippen molar-refractivity contribution in [2.24, 2.45) is 0 Å². The summed E-state index contributed by atoms with van der Waals surface area (Å²) in [6, 6.07) is 9.11. The summed E-state index contributed by atoms with van der Waals surface area (Å²) in [6.45, 7) is 1.37. The second-order valence-corrected chi connectivity index (χ2v) is 13.1. The van der Waals surface area contributed by atoms with Crippen LogP contribution >= 0.6 is 11.3 Å². The molecule has 1 aliphatic carbocycles. The van der Waals surface area contributed by atoms with Crippen LogP contribution in [0.5, 0.6) is 0 Å². The summed E-state index contributed by atoms with van der Waals surface area (Å²) in [6.07, 6.45) is 0.746. The Morgan fingerprint density at radius 3 is 2.71 bits per heavy atom. The monoisotopic (exact) mass is 607 g/mol. The molecule has 1 aliphatic heterocycles. The third-order valence-corrected chi connectivity index (χ3v) is 10.2. The van der Waals surface area contributed by atoms with Crippen molar-refractivity contribution in [1.29, 1.82) is 0 Å². The molecule has 2 amide bonds. The Balaban J connectivity index is 1.26. The Kier molecular flexibility index (Phi) is 8.49. The first-order valence-electron chi connectivity index (χ1n) is 13.5. The van der Waals surface area contributed by atoms with Gasteiger partial charge in [-0.25, -0.2) is 4.98 Å². The van der Waals surface area contributed by atoms with Crippen LogP contribution in [0.1, 0.15) is 75.7 Å². The van der Waals surface area contributed by atoms with E-state index in [2.05, 4.69) is 22.2 Å². The van der Waals surface area contributed by atoms with Gasteiger partial charge in [0, 0.05) is 37.0 Å². The standard InChI is InChI=1S/C28H32F3N5O3S2/c1-17-13-23(28(29,30)31)33-36(17)15-24(37)35-12-11-19(14-25(35)41(3)39)26-32-21(16-40-26)27(38)34(2)22-10-6-8-18-7-4-5-9-20(18)22/h4-5,7,9,13,16,19,22,25H,6,8,10-12,14-15H2,1-3H3. The van der Waals surface area contributed by atoms with Crippen molar-refractivity contribution in [3.05, 3.63) is 68.9 Å². The van der Waals surface area contributed by atoms with Gasteiger partial charge in [-0.2, -0.15) is 18.3 Å². The van der Waals surface area contributed by atoms with Crippen LogP contribution in [0, 0.1) is 6.92 Å². The van der Waals surface area contributed by atoms with E-state index in [1.165, 1.54) is 40.5 Å². The van der Waals surface area contributed by atoms with E-state index in [9.17, 15) is 27.3 Å². The molecule has 3 aromatic rings. The Labute approximate surface area is 243 Å². The van der Waals surface area contributed by atoms with E-state index in [-0.39, 0.29) is 36.7 Å². The zero-order valence-electron chi connectivity index (χ0n) is 23.1. The van der Waals surface area contributed by atoms with E-state index in [0.29, 0.717) is 18.5 Å². The van der Waals surface area contributed by atoms with E-state index in [4.69, 9.17) is 0 Å². The van der Waals surface area contributed by atoms with Crippen LogP contribution in [-0.4, -0.2) is 66.2 Å². The van der Waals surface area contributed by atoms with Crippen LogP contribution in [0.25, 0.3) is 0 Å². The number of aryl methyl sites for hydroxylation is 2. The van der Waals surface area contributed by atoms with E-state index in [1.54, 1.807) is 10.3 Å². The molecule has 0 saturated carbocycles. The Morgan fingerprint density at radius 2 is 2.00 bits per heavy atom. The third-order valence-electron chi connectivity index (χ3n) is 8.03. The highest BCUT2D eigenvalue weighted by Gasteiger charge is 2.40. The number of fused-ring (bicyclic) bond motifs is 1. The number of hydrogen-bond donors (Lipinski definition) is 0. The largest absolute Gasteiger partial charge is 0.615 e. The lowest BCUT2D eigenvalue weighted by atomic mass is 9.87. The molecule has 2 aromatic heterocycles. The summed E-state index contributed by atoms with van der Waals surface area (Å²) in [5, 5.41) is 5.45. The van der Waals surface area contributed by atoms with Gasteiger partial charge in [-0.1, -0.05) is 24.3 Å². The topological polar surface area (TPSA) is 94.4 Å². The van der Waals surface area contributed by atoms with Crippen molar-refractivity contribution >= 4 is 34.3 Å². The molecule has 3 heterocycles. The highest BCUT2D eigenvalue weighted by molar-refractivity contribution is 7.91. The molecule has 0 radical (unpaired) electrons. The van der Waals surface area contributed by atoms with Crippen LogP contribution in [0.3, 0.4) is 0 Å². The lowest BCUT2D eigenvalue weighted by Gasteiger charge is -2.38. The number of thiazole rings is 1. The molecule has 1 fully saturated rings. The zero-order valence-corrected chi connectivity index (χ0v) is 24.7. The highest BCUT2D eigenvalue weighted by atomic mass is 32.2. The predicted molar refractivity (Wildman–Crippen MR) is 150 cm³/mol. The van der Waals surface area contributed by atoms with Gasteiger partial charge < -0.3 is 9.45 Å². The maximum absolute atomic E-state index is 13.4. The minimum atomic E-state index is -4.60. The lowest BCUT2D eigenvalue weighted by molar-refractivity contribution is -0.142. The second kappa shape index (κ2) is 11.8. The van der Waals surface area contributed by atoms with Gasteiger partial charge in [-0.15, -0.1) is 11.3 Å². The summed E-state index contributed by atoms with van der Waals surface area (Å²) in [7, 11) is 1.81. The SMILES string of the molecule is Cc1cc(C(F)(F)F)nn1CC(=O)N1CCC(c2nc(C(=O)N(C)C3CCCc4ccccc43)cs2)CC1[S+](C)[O-]. The fourth-order valence-electron chi connectivity index (χ4n) is 5.81. The molecular formula is C28H32F3N5O3S2. The number of nitrogens with zero attached hydrogens (tertiary/aromatic N) is 5. The minimum Gasteiger partial charge on any atom is -0.615 e. The molecule has 1 saturated heterocycles. The molecular weight excluding hydrogens is 575 g/mol. The molecule has 0 N–H and O–H groups in total. The van der Waals surface area contributed by atoms with E-state index in [0.717, 1.165) is 35.0 Å². The molecule has 8 nitrogen and oxygen atoms in total. The lowest BCUT2D eigenvalue weighted by Crippen LogP contribution is -2.50. The van der Waals surface area contributed by atoms with Crippen LogP contribution in [0.2, 0.25) is 0 Å². The van der Waals surface area contributed by atoms with E-state index < -0.39 is 34.3 Å². The number of carbonyl (C=O) groups excluding carboxylic acids is 2. The van der Waals surface area contributed by atoms with Gasteiger partial charge in [-0.05, 0) is 61.0 Å². The third kappa shape index (κ3) is 6.17. The number of amides is 2. The first kappa shape index (κ1) is 29.6. The van der Waals surface area contributed by atoms with Crippen LogP contribution in [0.15, 0.2) is 35.7 Å². The van der Waals surface area contributed by atoms with Gasteiger partial charge in [0.25, 0.3) is 5.91 Å². The van der Waals surface area contributed by atoms with Crippen molar-refractivity contribution in [3.8, 4) is 0 Å². The highest BCUT2D eigenvalue weighted by Crippen LogP contribution is 2.37. The van der Waals surface area contributed by atoms with Crippen LogP contribution < -0.4 is 0 Å². The number of alkyl halides is 3. The summed E-state index contributed by atoms with van der Waals surface area (Å²) >= 11 is -0.0207. The Bertz CT molecular complexity index is 1420. The predicted octanol–water partition coefficient (Wildman–Crippen LogP) is 4.93. The van der Waals surface area contributed by atoms with Crippen molar-refractivity contribution in [1.82, 2.24) is 24.6 Å². The second-order valence-electron chi connectivity index (χ2n) is 10.7. The smallest absolute Gasteiger partial charge is 0.435 e. The maximum Gasteiger partial charge on any atom is 0.435 e. The van der Waals surface area contributed by atoms with Crippen molar-refractivity contribution in [2.45, 2.75) is 69.1 Å². The average molecular weight is 608 g/mol. The number of benzene rings is 1. The first-order chi connectivity index (χ1) is 19.4. The summed E-state index contributed by atoms with van der Waals surface area (Å²) in [5.74, 6) is -0.679. The van der Waals surface area contributed by atoms with Gasteiger partial charge in [-0.3, -0.25) is 19.2 Å². The number of halogens is 3. The zero-order chi connectivity index (χ0) is 29.5. The summed E-state index contributed by atoms with van der Waals surface area (Å²) < 4.78 is 52.9. The molecule has 0 bridgehead atoms. The molecule has 220 valence electrons.